The fourth-order valence-electron chi connectivity index (χ4n) is 6.15. The van der Waals surface area contributed by atoms with Crippen LogP contribution in [0.5, 0.6) is 11.5 Å². The number of likely N-dealkylation sites (tertiary alicyclic amines) is 2. The molecule has 2 fully saturated rings. The van der Waals surface area contributed by atoms with Crippen molar-refractivity contribution in [2.75, 3.05) is 39.8 Å². The summed E-state index contributed by atoms with van der Waals surface area (Å²) in [6.45, 7) is 9.18. The first-order valence-corrected chi connectivity index (χ1v) is 15.4. The lowest BCUT2D eigenvalue weighted by molar-refractivity contribution is 0.149. The van der Waals surface area contributed by atoms with E-state index in [0.29, 0.717) is 24.3 Å². The molecule has 1 atom stereocenters. The monoisotopic (exact) mass is 552 g/mol. The maximum Gasteiger partial charge on any atom is 0.148 e. The third-order valence-electron chi connectivity index (χ3n) is 8.62. The molecule has 0 spiro atoms. The van der Waals surface area contributed by atoms with Gasteiger partial charge in [0.15, 0.2) is 0 Å². The van der Waals surface area contributed by atoms with Gasteiger partial charge in [-0.05, 0) is 121 Å². The number of rotatable bonds is 12. The predicted molar refractivity (Wildman–Crippen MR) is 160 cm³/mol. The number of aromatic nitrogens is 2. The van der Waals surface area contributed by atoms with Crippen molar-refractivity contribution >= 4 is 22.6 Å². The number of piperidine rings is 2. The fraction of sp³-hybridized carbons (Fsp3) is 0.594. The maximum absolute atomic E-state index is 6.34. The summed E-state index contributed by atoms with van der Waals surface area (Å²) in [4.78, 5) is 10.1. The first-order chi connectivity index (χ1) is 19.1. The summed E-state index contributed by atoms with van der Waals surface area (Å²) < 4.78 is 14.8. The first kappa shape index (κ1) is 28.3. The van der Waals surface area contributed by atoms with Crippen LogP contribution in [0.3, 0.4) is 0 Å². The van der Waals surface area contributed by atoms with Crippen molar-refractivity contribution in [3.63, 3.8) is 0 Å². The predicted octanol–water partition coefficient (Wildman–Crippen LogP) is 7.03. The van der Waals surface area contributed by atoms with Crippen LogP contribution in [-0.4, -0.2) is 65.2 Å². The fourth-order valence-corrected chi connectivity index (χ4v) is 6.28. The van der Waals surface area contributed by atoms with Crippen molar-refractivity contribution in [1.29, 1.82) is 0 Å². The van der Waals surface area contributed by atoms with Crippen LogP contribution >= 0.6 is 11.6 Å². The molecule has 2 aliphatic rings. The van der Waals surface area contributed by atoms with Crippen LogP contribution in [0.4, 0.5) is 0 Å². The molecule has 1 aromatic heterocycles. The summed E-state index contributed by atoms with van der Waals surface area (Å²) in [6, 6.07) is 14.6. The van der Waals surface area contributed by atoms with E-state index in [0.717, 1.165) is 60.2 Å². The molecule has 6 nitrogen and oxygen atoms in total. The van der Waals surface area contributed by atoms with Gasteiger partial charge in [-0.1, -0.05) is 24.1 Å². The van der Waals surface area contributed by atoms with Crippen LogP contribution in [0.25, 0.3) is 11.0 Å². The Hall–Kier alpha value is -2.28. The lowest BCUT2D eigenvalue weighted by Gasteiger charge is -2.33. The van der Waals surface area contributed by atoms with Crippen LogP contribution in [-0.2, 0) is 13.2 Å². The first-order valence-electron chi connectivity index (χ1n) is 15.0. The number of aryl methyl sites for hydroxylation is 1. The molecular weight excluding hydrogens is 508 g/mol. The molecule has 0 aliphatic carbocycles. The maximum atomic E-state index is 6.34. The lowest BCUT2D eigenvalue weighted by atomic mass is 9.92. The average molecular weight is 553 g/mol. The Labute approximate surface area is 239 Å². The van der Waals surface area contributed by atoms with Gasteiger partial charge in [-0.3, -0.25) is 0 Å². The second-order valence-corrected chi connectivity index (χ2v) is 12.0. The molecule has 0 bridgehead atoms. The van der Waals surface area contributed by atoms with E-state index in [1.165, 1.54) is 58.2 Å². The van der Waals surface area contributed by atoms with Crippen molar-refractivity contribution < 1.29 is 9.47 Å². The lowest BCUT2D eigenvalue weighted by Crippen LogP contribution is -2.38. The second-order valence-electron chi connectivity index (χ2n) is 11.5. The quantitative estimate of drug-likeness (QED) is 0.226. The van der Waals surface area contributed by atoms with Crippen LogP contribution in [0.1, 0.15) is 64.1 Å². The minimum Gasteiger partial charge on any atom is -0.491 e. The standard InChI is InChI=1S/C32H45ClN4O2/c1-25-8-3-4-18-36(25)19-7-23-38-30-11-5-10-29-32(30)34-31(24-39-28-14-12-27(33)13-15-28)37(29)20-6-9-26-16-21-35(2)22-17-26/h5,10-15,25-26H,3-4,6-9,16-24H2,1-2H3. The van der Waals surface area contributed by atoms with Crippen molar-refractivity contribution in [3.05, 3.63) is 53.3 Å². The van der Waals surface area contributed by atoms with E-state index in [-0.39, 0.29) is 0 Å². The number of halogens is 1. The van der Waals surface area contributed by atoms with Gasteiger partial charge >= 0.3 is 0 Å². The number of hydrogen-bond donors (Lipinski definition) is 0. The van der Waals surface area contributed by atoms with E-state index >= 15 is 0 Å². The van der Waals surface area contributed by atoms with Crippen molar-refractivity contribution in [1.82, 2.24) is 19.4 Å². The van der Waals surface area contributed by atoms with Gasteiger partial charge in [-0.25, -0.2) is 4.98 Å². The largest absolute Gasteiger partial charge is 0.491 e. The number of ether oxygens (including phenoxy) is 2. The van der Waals surface area contributed by atoms with Crippen molar-refractivity contribution in [2.24, 2.45) is 5.92 Å². The molecule has 2 aromatic carbocycles. The van der Waals surface area contributed by atoms with Gasteiger partial charge in [0, 0.05) is 24.2 Å². The topological polar surface area (TPSA) is 42.8 Å². The van der Waals surface area contributed by atoms with Gasteiger partial charge < -0.3 is 23.8 Å². The Morgan fingerprint density at radius 2 is 1.74 bits per heavy atom. The van der Waals surface area contributed by atoms with Gasteiger partial charge in [-0.15, -0.1) is 0 Å². The normalized spacial score (nSPS) is 19.5. The molecule has 3 heterocycles. The van der Waals surface area contributed by atoms with Gasteiger partial charge in [0.05, 0.1) is 12.1 Å². The molecule has 1 unspecified atom stereocenters. The van der Waals surface area contributed by atoms with E-state index in [1.807, 2.05) is 24.3 Å². The Morgan fingerprint density at radius 3 is 2.54 bits per heavy atom. The van der Waals surface area contributed by atoms with Crippen LogP contribution in [0.2, 0.25) is 5.02 Å². The van der Waals surface area contributed by atoms with Crippen LogP contribution in [0.15, 0.2) is 42.5 Å². The Morgan fingerprint density at radius 1 is 0.923 bits per heavy atom. The van der Waals surface area contributed by atoms with Crippen molar-refractivity contribution in [2.45, 2.75) is 77.5 Å². The number of benzene rings is 2. The Balaban J connectivity index is 1.26. The van der Waals surface area contributed by atoms with E-state index in [4.69, 9.17) is 26.1 Å². The Bertz CT molecular complexity index is 1170. The van der Waals surface area contributed by atoms with E-state index < -0.39 is 0 Å². The Kier molecular flexibility index (Phi) is 10.0. The molecule has 5 rings (SSSR count). The zero-order chi connectivity index (χ0) is 27.0. The summed E-state index contributed by atoms with van der Waals surface area (Å²) in [5.74, 6) is 3.45. The van der Waals surface area contributed by atoms with Gasteiger partial charge in [0.1, 0.15) is 29.4 Å². The highest BCUT2D eigenvalue weighted by Crippen LogP contribution is 2.29. The molecule has 212 valence electrons. The minimum absolute atomic E-state index is 0.414. The van der Waals surface area contributed by atoms with Gasteiger partial charge in [-0.2, -0.15) is 0 Å². The number of para-hydroxylation sites is 1. The zero-order valence-electron chi connectivity index (χ0n) is 23.8. The molecule has 2 aliphatic heterocycles. The number of hydrogen-bond acceptors (Lipinski definition) is 5. The molecule has 2 saturated heterocycles. The highest BCUT2D eigenvalue weighted by Gasteiger charge is 2.20. The average Bonchev–Trinajstić information content (AvgIpc) is 3.31. The molecule has 0 N–H and O–H groups in total. The number of fused-ring (bicyclic) bond motifs is 1. The summed E-state index contributed by atoms with van der Waals surface area (Å²) in [5, 5.41) is 0.708. The van der Waals surface area contributed by atoms with Crippen molar-refractivity contribution in [3.8, 4) is 11.5 Å². The van der Waals surface area contributed by atoms with E-state index in [9.17, 15) is 0 Å². The molecule has 39 heavy (non-hydrogen) atoms. The van der Waals surface area contributed by atoms with E-state index in [1.54, 1.807) is 0 Å². The van der Waals surface area contributed by atoms with Crippen LogP contribution in [0, 0.1) is 5.92 Å². The highest BCUT2D eigenvalue weighted by molar-refractivity contribution is 6.30. The third-order valence-corrected chi connectivity index (χ3v) is 8.87. The number of imidazole rings is 1. The molecule has 3 aromatic rings. The molecule has 0 radical (unpaired) electrons. The highest BCUT2D eigenvalue weighted by atomic mass is 35.5. The minimum atomic E-state index is 0.414. The molecule has 7 heteroatoms. The smallest absolute Gasteiger partial charge is 0.148 e. The van der Waals surface area contributed by atoms with Crippen LogP contribution < -0.4 is 9.47 Å². The molecular formula is C32H45ClN4O2. The van der Waals surface area contributed by atoms with Gasteiger partial charge in [0.2, 0.25) is 0 Å². The molecule has 0 saturated carbocycles. The summed E-state index contributed by atoms with van der Waals surface area (Å²) >= 11 is 6.07. The zero-order valence-corrected chi connectivity index (χ0v) is 24.5. The van der Waals surface area contributed by atoms with Gasteiger partial charge in [0.25, 0.3) is 0 Å². The second kappa shape index (κ2) is 13.9. The molecule has 0 amide bonds. The third kappa shape index (κ3) is 7.68. The SMILES string of the molecule is CC1CCCCN1CCCOc1cccc2c1nc(COc1ccc(Cl)cc1)n2CCCC1CCN(C)CC1. The summed E-state index contributed by atoms with van der Waals surface area (Å²) in [6.07, 6.45) is 10.1. The summed E-state index contributed by atoms with van der Waals surface area (Å²) in [5.41, 5.74) is 2.08. The summed E-state index contributed by atoms with van der Waals surface area (Å²) in [7, 11) is 2.23. The van der Waals surface area contributed by atoms with E-state index in [2.05, 4.69) is 46.5 Å². The number of nitrogens with zero attached hydrogens (tertiary/aromatic N) is 4.